The van der Waals surface area contributed by atoms with E-state index in [9.17, 15) is 19.2 Å². The number of nitrogens with zero attached hydrogens (tertiary/aromatic N) is 2. The molecule has 222 valence electrons. The number of unbranched alkanes of at least 4 members (excludes halogenated alkanes) is 2. The molecule has 0 saturated carbocycles. The molecule has 0 spiro atoms. The Morgan fingerprint density at radius 3 is 2.61 bits per heavy atom. The van der Waals surface area contributed by atoms with E-state index in [1.165, 1.54) is 4.57 Å². The number of nitrogens with two attached hydrogens (primary N) is 2. The number of primary amides is 1. The highest BCUT2D eigenvalue weighted by Gasteiger charge is 2.31. The van der Waals surface area contributed by atoms with Crippen molar-refractivity contribution in [2.75, 3.05) is 6.61 Å². The summed E-state index contributed by atoms with van der Waals surface area (Å²) in [7, 11) is 1.70. The second-order valence-corrected chi connectivity index (χ2v) is 10.7. The minimum atomic E-state index is -0.686. The highest BCUT2D eigenvalue weighted by molar-refractivity contribution is 6.32. The van der Waals surface area contributed by atoms with Crippen molar-refractivity contribution in [3.05, 3.63) is 63.0 Å². The molecule has 2 aromatic carbocycles. The quantitative estimate of drug-likeness (QED) is 0.201. The first kappa shape index (κ1) is 32.2. The summed E-state index contributed by atoms with van der Waals surface area (Å²) < 4.78 is 8.85. The van der Waals surface area contributed by atoms with Gasteiger partial charge < -0.3 is 16.2 Å². The number of carbonyl (C=O) groups is 3. The molecule has 1 aliphatic heterocycles. The van der Waals surface area contributed by atoms with Crippen LogP contribution in [-0.2, 0) is 34.3 Å². The highest BCUT2D eigenvalue weighted by Crippen LogP contribution is 2.30. The van der Waals surface area contributed by atoms with Gasteiger partial charge in [0.2, 0.25) is 17.7 Å². The summed E-state index contributed by atoms with van der Waals surface area (Å²) >= 11 is 6.57. The molecule has 1 aliphatic rings. The zero-order chi connectivity index (χ0) is 28.8. The summed E-state index contributed by atoms with van der Waals surface area (Å²) in [5.74, 6) is -0.545. The molecule has 1 unspecified atom stereocenters. The third kappa shape index (κ3) is 7.90. The van der Waals surface area contributed by atoms with Crippen LogP contribution in [0.1, 0.15) is 62.1 Å². The third-order valence-corrected chi connectivity index (χ3v) is 7.77. The second-order valence-electron chi connectivity index (χ2n) is 10.4. The smallest absolute Gasteiger partial charge is 0.329 e. The third-order valence-electron chi connectivity index (χ3n) is 7.34. The fraction of sp³-hybridized carbons (Fsp3) is 0.448. The van der Waals surface area contributed by atoms with Crippen molar-refractivity contribution in [1.82, 2.24) is 14.5 Å². The Kier molecular flexibility index (Phi) is 11.4. The van der Waals surface area contributed by atoms with Crippen molar-refractivity contribution in [1.29, 1.82) is 0 Å². The lowest BCUT2D eigenvalue weighted by atomic mass is 10.0. The first-order valence-corrected chi connectivity index (χ1v) is 14.0. The normalized spacial score (nSPS) is 15.8. The van der Waals surface area contributed by atoms with Crippen molar-refractivity contribution in [2.45, 2.75) is 69.9 Å². The van der Waals surface area contributed by atoms with E-state index in [4.69, 9.17) is 27.8 Å². The average molecular weight is 607 g/mol. The maximum Gasteiger partial charge on any atom is 0.329 e. The van der Waals surface area contributed by atoms with Crippen LogP contribution >= 0.6 is 24.0 Å². The number of imide groups is 1. The molecule has 41 heavy (non-hydrogen) atoms. The number of halogens is 2. The Bertz CT molecular complexity index is 1470. The molecule has 3 amide bonds. The summed E-state index contributed by atoms with van der Waals surface area (Å²) in [5, 5.41) is 2.92. The summed E-state index contributed by atoms with van der Waals surface area (Å²) in [6, 6.07) is 10.6. The van der Waals surface area contributed by atoms with Gasteiger partial charge in [-0.2, -0.15) is 0 Å². The summed E-state index contributed by atoms with van der Waals surface area (Å²) in [6.07, 6.45) is 5.79. The molecule has 10 nitrogen and oxygen atoms in total. The second kappa shape index (κ2) is 14.5. The molecule has 0 radical (unpaired) electrons. The Hall–Kier alpha value is -3.34. The minimum Gasteiger partial charge on any atom is -0.490 e. The molecule has 1 aromatic heterocycles. The van der Waals surface area contributed by atoms with Gasteiger partial charge in [0.25, 0.3) is 0 Å². The molecule has 1 fully saturated rings. The van der Waals surface area contributed by atoms with E-state index >= 15 is 0 Å². The van der Waals surface area contributed by atoms with Crippen molar-refractivity contribution in [2.24, 2.45) is 18.5 Å². The van der Waals surface area contributed by atoms with Gasteiger partial charge in [-0.25, -0.2) is 4.79 Å². The first-order chi connectivity index (χ1) is 19.2. The number of amides is 3. The number of piperidine rings is 1. The average Bonchev–Trinajstić information content (AvgIpc) is 3.16. The number of imidazole rings is 1. The number of benzene rings is 2. The fourth-order valence-electron chi connectivity index (χ4n) is 5.08. The maximum absolute atomic E-state index is 13.0. The van der Waals surface area contributed by atoms with Crippen LogP contribution in [0.2, 0.25) is 5.02 Å². The molecule has 0 aliphatic carbocycles. The maximum atomic E-state index is 13.0. The van der Waals surface area contributed by atoms with Gasteiger partial charge in [-0.15, -0.1) is 12.4 Å². The zero-order valence-corrected chi connectivity index (χ0v) is 24.6. The van der Waals surface area contributed by atoms with E-state index in [1.807, 2.05) is 36.4 Å². The molecule has 4 rings (SSSR count). The number of aromatic nitrogens is 2. The summed E-state index contributed by atoms with van der Waals surface area (Å²) in [5.41, 5.74) is 14.5. The lowest BCUT2D eigenvalue weighted by Crippen LogP contribution is -2.44. The number of carbonyl (C=O) groups excluding carboxylic acids is 3. The van der Waals surface area contributed by atoms with Crippen molar-refractivity contribution in [3.8, 4) is 5.75 Å². The van der Waals surface area contributed by atoms with Crippen molar-refractivity contribution in [3.63, 3.8) is 0 Å². The number of fused-ring (bicyclic) bond motifs is 1. The van der Waals surface area contributed by atoms with Crippen LogP contribution in [0.25, 0.3) is 11.0 Å². The van der Waals surface area contributed by atoms with E-state index in [1.54, 1.807) is 11.6 Å². The Labute approximate surface area is 249 Å². The molecule has 0 bridgehead atoms. The largest absolute Gasteiger partial charge is 0.490 e. The molecule has 2 atom stereocenters. The molecule has 2 heterocycles. The number of hydrogen-bond donors (Lipinski definition) is 3. The molecule has 12 heteroatoms. The van der Waals surface area contributed by atoms with Crippen LogP contribution in [0.15, 0.2) is 41.2 Å². The van der Waals surface area contributed by atoms with Gasteiger partial charge in [0.05, 0.1) is 16.1 Å². The van der Waals surface area contributed by atoms with Gasteiger partial charge in [-0.05, 0) is 67.9 Å². The van der Waals surface area contributed by atoms with Gasteiger partial charge in [0, 0.05) is 25.9 Å². The van der Waals surface area contributed by atoms with Crippen LogP contribution < -0.4 is 27.2 Å². The minimum absolute atomic E-state index is 0. The van der Waals surface area contributed by atoms with Crippen molar-refractivity contribution >= 4 is 52.8 Å². The molecule has 1 saturated heterocycles. The molecule has 3 aromatic rings. The van der Waals surface area contributed by atoms with E-state index < -0.39 is 11.9 Å². The highest BCUT2D eigenvalue weighted by atomic mass is 35.5. The topological polar surface area (TPSA) is 151 Å². The Balaban J connectivity index is 0.00000462. The standard InChI is InChI=1S/C29H36ClN5O5.ClH/c1-34-23-16-18(10-12-21(23)35(29(34)39)22-13-15-26(37)33-28(22)38)6-3-2-4-7-19-8-5-9-24(27(19)30)40-17-20(31)11-14-25(32)36;/h5,8-10,12,16,20,22H,2-4,6-7,11,13-15,17,31H2,1H3,(H2,32,36)(H,33,37,38);1H/t20-,22?;/m0./s1. The van der Waals surface area contributed by atoms with Gasteiger partial charge in [-0.3, -0.25) is 28.8 Å². The van der Waals surface area contributed by atoms with Crippen LogP contribution in [0, 0.1) is 0 Å². The Morgan fingerprint density at radius 2 is 1.88 bits per heavy atom. The van der Waals surface area contributed by atoms with Gasteiger partial charge in [0.15, 0.2) is 0 Å². The van der Waals surface area contributed by atoms with Crippen molar-refractivity contribution < 1.29 is 19.1 Å². The number of ether oxygens (including phenoxy) is 1. The van der Waals surface area contributed by atoms with E-state index in [2.05, 4.69) is 5.32 Å². The predicted molar refractivity (Wildman–Crippen MR) is 160 cm³/mol. The van der Waals surface area contributed by atoms with Gasteiger partial charge >= 0.3 is 5.69 Å². The van der Waals surface area contributed by atoms with Crippen LogP contribution in [-0.4, -0.2) is 39.5 Å². The van der Waals surface area contributed by atoms with Crippen LogP contribution in [0.3, 0.4) is 0 Å². The molecular formula is C29H37Cl2N5O5. The van der Waals surface area contributed by atoms with E-state index in [0.717, 1.165) is 48.7 Å². The van der Waals surface area contributed by atoms with Gasteiger partial charge in [0.1, 0.15) is 18.4 Å². The van der Waals surface area contributed by atoms with Crippen LogP contribution in [0.4, 0.5) is 0 Å². The van der Waals surface area contributed by atoms with E-state index in [0.29, 0.717) is 29.1 Å². The molecular weight excluding hydrogens is 569 g/mol. The van der Waals surface area contributed by atoms with E-state index in [-0.39, 0.29) is 55.4 Å². The number of nitrogens with one attached hydrogen (secondary N) is 1. The summed E-state index contributed by atoms with van der Waals surface area (Å²) in [6.45, 7) is 0.253. The first-order valence-electron chi connectivity index (χ1n) is 13.6. The molecule has 5 N–H and O–H groups in total. The fourth-order valence-corrected chi connectivity index (χ4v) is 5.36. The lowest BCUT2D eigenvalue weighted by Gasteiger charge is -2.21. The zero-order valence-electron chi connectivity index (χ0n) is 23.1. The number of aryl methyl sites for hydroxylation is 3. The SMILES string of the molecule is Cl.Cn1c(=O)n(C2CCC(=O)NC2=O)c2ccc(CCCCCc3cccc(OC[C@@H](N)CCC(N)=O)c3Cl)cc21. The number of rotatable bonds is 13. The van der Waals surface area contributed by atoms with Crippen LogP contribution in [0.5, 0.6) is 5.75 Å². The monoisotopic (exact) mass is 605 g/mol. The summed E-state index contributed by atoms with van der Waals surface area (Å²) in [4.78, 5) is 47.8. The lowest BCUT2D eigenvalue weighted by molar-refractivity contribution is -0.135. The predicted octanol–water partition coefficient (Wildman–Crippen LogP) is 3.32. The Morgan fingerprint density at radius 1 is 1.12 bits per heavy atom. The van der Waals surface area contributed by atoms with Gasteiger partial charge in [-0.1, -0.05) is 36.2 Å². The number of hydrogen-bond acceptors (Lipinski definition) is 6.